The van der Waals surface area contributed by atoms with E-state index < -0.39 is 42.6 Å². The van der Waals surface area contributed by atoms with E-state index >= 15 is 0 Å². The number of carbonyl (C=O) groups is 2. The van der Waals surface area contributed by atoms with Crippen molar-refractivity contribution >= 4 is 11.9 Å². The van der Waals surface area contributed by atoms with E-state index in [1.54, 1.807) is 18.2 Å². The Bertz CT molecular complexity index is 1500. The van der Waals surface area contributed by atoms with Crippen LogP contribution in [0.1, 0.15) is 32.6 Å². The van der Waals surface area contributed by atoms with Crippen LogP contribution in [0, 0.1) is 0 Å². The van der Waals surface area contributed by atoms with E-state index in [4.69, 9.17) is 28.4 Å². The van der Waals surface area contributed by atoms with E-state index in [-0.39, 0.29) is 32.0 Å². The van der Waals surface area contributed by atoms with Gasteiger partial charge in [0.05, 0.1) is 39.1 Å². The molecule has 0 radical (unpaired) electrons. The number of hydrogen-bond acceptors (Lipinski definition) is 8. The summed E-state index contributed by atoms with van der Waals surface area (Å²) in [4.78, 5) is 25.1. The van der Waals surface area contributed by atoms with Crippen molar-refractivity contribution in [2.24, 2.45) is 0 Å². The van der Waals surface area contributed by atoms with Gasteiger partial charge in [-0.3, -0.25) is 0 Å². The smallest absolute Gasteiger partial charge is 0.337 e. The molecule has 1 fully saturated rings. The minimum absolute atomic E-state index is 0.0977. The minimum Gasteiger partial charge on any atom is -0.478 e. The summed E-state index contributed by atoms with van der Waals surface area (Å²) in [6, 6.07) is 35.3. The van der Waals surface area contributed by atoms with Crippen molar-refractivity contribution < 1.29 is 43.1 Å². The van der Waals surface area contributed by atoms with Crippen LogP contribution in [0.25, 0.3) is 0 Å². The number of carbonyl (C=O) groups excluding carboxylic acids is 1. The largest absolute Gasteiger partial charge is 0.478 e. The maximum absolute atomic E-state index is 13.2. The molecule has 0 aromatic heterocycles. The first-order valence-electron chi connectivity index (χ1n) is 14.7. The molecule has 45 heavy (non-hydrogen) atoms. The van der Waals surface area contributed by atoms with Gasteiger partial charge in [0.15, 0.2) is 12.4 Å². The number of esters is 1. The molecule has 1 aliphatic rings. The van der Waals surface area contributed by atoms with Crippen molar-refractivity contribution in [1.82, 2.24) is 0 Å². The van der Waals surface area contributed by atoms with Crippen LogP contribution in [0.5, 0.6) is 0 Å². The van der Waals surface area contributed by atoms with Crippen LogP contribution < -0.4 is 0 Å². The van der Waals surface area contributed by atoms with E-state index in [2.05, 4.69) is 0 Å². The molecule has 1 saturated heterocycles. The average Bonchev–Trinajstić information content (AvgIpc) is 3.09. The van der Waals surface area contributed by atoms with Gasteiger partial charge in [0.1, 0.15) is 18.3 Å². The van der Waals surface area contributed by atoms with Crippen molar-refractivity contribution in [3.05, 3.63) is 143 Å². The summed E-state index contributed by atoms with van der Waals surface area (Å²) in [6.45, 7) is 0.452. The van der Waals surface area contributed by atoms with E-state index in [0.717, 1.165) is 16.7 Å². The molecule has 5 atom stereocenters. The average molecular weight is 613 g/mol. The lowest BCUT2D eigenvalue weighted by Gasteiger charge is -2.44. The van der Waals surface area contributed by atoms with Crippen LogP contribution in [-0.4, -0.2) is 54.9 Å². The number of aromatic carboxylic acids is 1. The number of ether oxygens (including phenoxy) is 6. The molecule has 234 valence electrons. The molecule has 0 bridgehead atoms. The van der Waals surface area contributed by atoms with E-state index in [1.165, 1.54) is 13.2 Å². The molecule has 9 heteroatoms. The molecule has 4 aromatic rings. The number of rotatable bonds is 14. The quantitative estimate of drug-likeness (QED) is 0.183. The molecule has 5 rings (SSSR count). The normalized spacial score (nSPS) is 21.2. The molecular formula is C36H36O9. The van der Waals surface area contributed by atoms with Crippen molar-refractivity contribution in [3.8, 4) is 0 Å². The lowest BCUT2D eigenvalue weighted by Crippen LogP contribution is -2.62. The Kier molecular flexibility index (Phi) is 11.4. The summed E-state index contributed by atoms with van der Waals surface area (Å²) in [7, 11) is 1.27. The molecule has 1 aliphatic heterocycles. The fourth-order valence-electron chi connectivity index (χ4n) is 5.13. The maximum Gasteiger partial charge on any atom is 0.337 e. The van der Waals surface area contributed by atoms with Gasteiger partial charge in [0.25, 0.3) is 0 Å². The second kappa shape index (κ2) is 16.1. The lowest BCUT2D eigenvalue weighted by molar-refractivity contribution is -0.322. The van der Waals surface area contributed by atoms with Crippen molar-refractivity contribution in [2.45, 2.75) is 57.1 Å². The standard InChI is InChI=1S/C36H36O9/c1-40-35(39)32-30(41-21-25-13-5-2-6-14-25)31(42-22-26-15-7-3-8-16-26)33(43-23-27-17-9-4-10-18-27)36(45-32)44-24-28-19-11-12-20-29(28)34(37)38/h2-20,30-33,36H,21-24H2,1H3,(H,37,38)/t30-,31-,32-,33-,36+/m0/s1. The molecule has 0 amide bonds. The van der Waals surface area contributed by atoms with Gasteiger partial charge in [-0.25, -0.2) is 9.59 Å². The zero-order chi connectivity index (χ0) is 31.4. The highest BCUT2D eigenvalue weighted by Crippen LogP contribution is 2.32. The molecule has 4 aromatic carbocycles. The summed E-state index contributed by atoms with van der Waals surface area (Å²) < 4.78 is 37.0. The molecule has 1 heterocycles. The molecule has 0 unspecified atom stereocenters. The third-order valence-corrected chi connectivity index (χ3v) is 7.44. The van der Waals surface area contributed by atoms with Crippen LogP contribution in [0.15, 0.2) is 115 Å². The second-order valence-electron chi connectivity index (χ2n) is 10.5. The van der Waals surface area contributed by atoms with Crippen LogP contribution in [-0.2, 0) is 59.6 Å². The first kappa shape index (κ1) is 32.0. The van der Waals surface area contributed by atoms with Gasteiger partial charge in [-0.15, -0.1) is 0 Å². The van der Waals surface area contributed by atoms with Crippen molar-refractivity contribution in [3.63, 3.8) is 0 Å². The van der Waals surface area contributed by atoms with E-state index in [0.29, 0.717) is 5.56 Å². The first-order valence-corrected chi connectivity index (χ1v) is 14.7. The van der Waals surface area contributed by atoms with Gasteiger partial charge in [-0.05, 0) is 28.3 Å². The fraction of sp³-hybridized carbons (Fsp3) is 0.278. The number of hydrogen-bond donors (Lipinski definition) is 1. The predicted molar refractivity (Wildman–Crippen MR) is 164 cm³/mol. The topological polar surface area (TPSA) is 110 Å². The second-order valence-corrected chi connectivity index (χ2v) is 10.5. The summed E-state index contributed by atoms with van der Waals surface area (Å²) in [6.07, 6.45) is -5.04. The third-order valence-electron chi connectivity index (χ3n) is 7.44. The fourth-order valence-corrected chi connectivity index (χ4v) is 5.13. The van der Waals surface area contributed by atoms with Crippen LogP contribution >= 0.6 is 0 Å². The molecule has 1 N–H and O–H groups in total. The van der Waals surface area contributed by atoms with E-state index in [1.807, 2.05) is 91.0 Å². The number of methoxy groups -OCH3 is 1. The number of carboxylic acid groups (broad SMARTS) is 1. The van der Waals surface area contributed by atoms with Crippen molar-refractivity contribution in [2.75, 3.05) is 7.11 Å². The molecule has 0 spiro atoms. The molecule has 0 aliphatic carbocycles. The zero-order valence-electron chi connectivity index (χ0n) is 24.9. The number of carboxylic acids is 1. The predicted octanol–water partition coefficient (Wildman–Crippen LogP) is 5.56. The Morgan fingerprint density at radius 2 is 1.07 bits per heavy atom. The Labute approximate surface area is 262 Å². The summed E-state index contributed by atoms with van der Waals surface area (Å²) in [5.74, 6) is -1.75. The monoisotopic (exact) mass is 612 g/mol. The van der Waals surface area contributed by atoms with Gasteiger partial charge in [0.2, 0.25) is 0 Å². The van der Waals surface area contributed by atoms with Crippen molar-refractivity contribution in [1.29, 1.82) is 0 Å². The van der Waals surface area contributed by atoms with Gasteiger partial charge in [-0.1, -0.05) is 109 Å². The Morgan fingerprint density at radius 1 is 0.600 bits per heavy atom. The molecule has 9 nitrogen and oxygen atoms in total. The third kappa shape index (κ3) is 8.63. The van der Waals surface area contributed by atoms with Crippen LogP contribution in [0.4, 0.5) is 0 Å². The zero-order valence-corrected chi connectivity index (χ0v) is 24.9. The highest BCUT2D eigenvalue weighted by molar-refractivity contribution is 5.89. The minimum atomic E-state index is -1.23. The number of benzene rings is 4. The van der Waals surface area contributed by atoms with Crippen LogP contribution in [0.2, 0.25) is 0 Å². The van der Waals surface area contributed by atoms with Crippen LogP contribution in [0.3, 0.4) is 0 Å². The van der Waals surface area contributed by atoms with Gasteiger partial charge < -0.3 is 33.5 Å². The summed E-state index contributed by atoms with van der Waals surface area (Å²) in [5.41, 5.74) is 3.25. The van der Waals surface area contributed by atoms with Gasteiger partial charge in [-0.2, -0.15) is 0 Å². The first-order chi connectivity index (χ1) is 22.0. The highest BCUT2D eigenvalue weighted by atomic mass is 16.7. The Balaban J connectivity index is 1.48. The van der Waals surface area contributed by atoms with Gasteiger partial charge >= 0.3 is 11.9 Å². The lowest BCUT2D eigenvalue weighted by atomic mass is 9.97. The summed E-state index contributed by atoms with van der Waals surface area (Å²) >= 11 is 0. The molecular weight excluding hydrogens is 576 g/mol. The highest BCUT2D eigenvalue weighted by Gasteiger charge is 2.52. The van der Waals surface area contributed by atoms with Gasteiger partial charge in [0, 0.05) is 0 Å². The van der Waals surface area contributed by atoms with E-state index in [9.17, 15) is 14.7 Å². The Morgan fingerprint density at radius 3 is 1.58 bits per heavy atom. The maximum atomic E-state index is 13.2. The SMILES string of the molecule is COC(=O)[C@H]1O[C@@H](OCc2ccccc2C(=O)O)[C@@H](OCc2ccccc2)[C@@H](OCc2ccccc2)[C@@H]1OCc1ccccc1. The molecule has 0 saturated carbocycles. The Hall–Kier alpha value is -4.38. The summed E-state index contributed by atoms with van der Waals surface area (Å²) in [5, 5.41) is 9.71.